The van der Waals surface area contributed by atoms with Crippen LogP contribution >= 0.6 is 0 Å². The predicted octanol–water partition coefficient (Wildman–Crippen LogP) is 0.611. The summed E-state index contributed by atoms with van der Waals surface area (Å²) in [6.45, 7) is 5.15. The first kappa shape index (κ1) is 14.8. The first-order valence-corrected chi connectivity index (χ1v) is 7.15. The number of carbonyl (C=O) groups excluding carboxylic acids is 2. The molecule has 0 aromatic rings. The van der Waals surface area contributed by atoms with Crippen molar-refractivity contribution in [2.45, 2.75) is 58.2 Å². The third kappa shape index (κ3) is 2.51. The van der Waals surface area contributed by atoms with Gasteiger partial charge in [-0.25, -0.2) is 0 Å². The molecule has 0 aromatic carbocycles. The number of amides is 2. The van der Waals surface area contributed by atoms with Crippen molar-refractivity contribution in [2.75, 3.05) is 0 Å². The van der Waals surface area contributed by atoms with E-state index < -0.39 is 17.9 Å². The molecule has 2 heterocycles. The van der Waals surface area contributed by atoms with E-state index in [2.05, 4.69) is 5.32 Å². The number of carbonyl (C=O) groups is 3. The first-order chi connectivity index (χ1) is 9.32. The van der Waals surface area contributed by atoms with Crippen molar-refractivity contribution < 1.29 is 19.5 Å². The van der Waals surface area contributed by atoms with Crippen molar-refractivity contribution in [2.24, 2.45) is 11.8 Å². The monoisotopic (exact) mass is 282 g/mol. The van der Waals surface area contributed by atoms with Gasteiger partial charge < -0.3 is 15.3 Å². The number of hydrogen-bond donors (Lipinski definition) is 2. The highest BCUT2D eigenvalue weighted by Gasteiger charge is 2.52. The molecule has 2 rings (SSSR count). The molecule has 0 aromatic heterocycles. The van der Waals surface area contributed by atoms with Gasteiger partial charge in [-0.05, 0) is 25.2 Å². The van der Waals surface area contributed by atoms with E-state index in [-0.39, 0.29) is 29.8 Å². The average molecular weight is 282 g/mol. The van der Waals surface area contributed by atoms with Gasteiger partial charge in [0, 0.05) is 19.0 Å². The molecule has 6 nitrogen and oxygen atoms in total. The number of hydrogen-bond acceptors (Lipinski definition) is 3. The summed E-state index contributed by atoms with van der Waals surface area (Å²) in [5.74, 6) is -1.67. The maximum absolute atomic E-state index is 12.7. The Morgan fingerprint density at radius 2 is 1.90 bits per heavy atom. The van der Waals surface area contributed by atoms with Gasteiger partial charge in [0.2, 0.25) is 11.8 Å². The van der Waals surface area contributed by atoms with Crippen LogP contribution in [0.25, 0.3) is 0 Å². The van der Waals surface area contributed by atoms with Crippen LogP contribution in [0.2, 0.25) is 0 Å². The molecule has 6 heteroatoms. The van der Waals surface area contributed by atoms with Crippen LogP contribution in [0, 0.1) is 11.8 Å². The quantitative estimate of drug-likeness (QED) is 0.791. The molecule has 0 radical (unpaired) electrons. The van der Waals surface area contributed by atoms with E-state index in [0.717, 1.165) is 12.8 Å². The van der Waals surface area contributed by atoms with Crippen molar-refractivity contribution in [3.8, 4) is 0 Å². The number of nitrogens with zero attached hydrogens (tertiary/aromatic N) is 1. The lowest BCUT2D eigenvalue weighted by Crippen LogP contribution is -2.52. The maximum Gasteiger partial charge on any atom is 0.308 e. The van der Waals surface area contributed by atoms with Crippen LogP contribution in [0.1, 0.15) is 40.0 Å². The minimum atomic E-state index is -0.823. The zero-order valence-corrected chi connectivity index (χ0v) is 12.1. The van der Waals surface area contributed by atoms with E-state index in [1.54, 1.807) is 4.90 Å². The van der Waals surface area contributed by atoms with Crippen LogP contribution in [-0.4, -0.2) is 45.9 Å². The van der Waals surface area contributed by atoms with Crippen molar-refractivity contribution in [1.82, 2.24) is 10.2 Å². The molecule has 2 aliphatic rings. The molecule has 112 valence electrons. The van der Waals surface area contributed by atoms with Gasteiger partial charge in [0.1, 0.15) is 6.04 Å². The van der Waals surface area contributed by atoms with Crippen molar-refractivity contribution >= 4 is 17.8 Å². The topological polar surface area (TPSA) is 86.7 Å². The molecule has 20 heavy (non-hydrogen) atoms. The van der Waals surface area contributed by atoms with Crippen LogP contribution < -0.4 is 5.32 Å². The highest BCUT2D eigenvalue weighted by molar-refractivity contribution is 5.88. The summed E-state index contributed by atoms with van der Waals surface area (Å²) < 4.78 is 0. The fourth-order valence-corrected chi connectivity index (χ4v) is 3.49. The SMILES string of the molecule is CC(=O)NC(C(=O)N1C2CCC1C(C(=O)O)C2)C(C)C. The van der Waals surface area contributed by atoms with Gasteiger partial charge in [-0.15, -0.1) is 0 Å². The van der Waals surface area contributed by atoms with Gasteiger partial charge >= 0.3 is 5.97 Å². The number of nitrogens with one attached hydrogen (secondary N) is 1. The Hall–Kier alpha value is -1.59. The number of fused-ring (bicyclic) bond motifs is 2. The molecule has 2 aliphatic heterocycles. The normalized spacial score (nSPS) is 29.6. The highest BCUT2D eigenvalue weighted by Crippen LogP contribution is 2.42. The van der Waals surface area contributed by atoms with E-state index in [1.807, 2.05) is 13.8 Å². The fraction of sp³-hybridized carbons (Fsp3) is 0.786. The molecule has 2 N–H and O–H groups in total. The third-order valence-corrected chi connectivity index (χ3v) is 4.40. The van der Waals surface area contributed by atoms with Gasteiger partial charge in [0.05, 0.1) is 5.92 Å². The van der Waals surface area contributed by atoms with E-state index >= 15 is 0 Å². The predicted molar refractivity (Wildman–Crippen MR) is 71.8 cm³/mol. The van der Waals surface area contributed by atoms with Crippen LogP contribution in [-0.2, 0) is 14.4 Å². The molecule has 4 unspecified atom stereocenters. The Bertz CT molecular complexity index is 435. The summed E-state index contributed by atoms with van der Waals surface area (Å²) in [6.07, 6.45) is 2.15. The van der Waals surface area contributed by atoms with Crippen molar-refractivity contribution in [3.63, 3.8) is 0 Å². The molecule has 2 fully saturated rings. The number of carboxylic acids is 1. The Balaban J connectivity index is 2.16. The van der Waals surface area contributed by atoms with E-state index in [4.69, 9.17) is 0 Å². The molecule has 2 bridgehead atoms. The summed E-state index contributed by atoms with van der Waals surface area (Å²) >= 11 is 0. The zero-order valence-electron chi connectivity index (χ0n) is 12.1. The van der Waals surface area contributed by atoms with Crippen molar-refractivity contribution in [1.29, 1.82) is 0 Å². The Labute approximate surface area is 118 Å². The van der Waals surface area contributed by atoms with E-state index in [1.165, 1.54) is 6.92 Å². The van der Waals surface area contributed by atoms with Gasteiger partial charge in [-0.3, -0.25) is 14.4 Å². The van der Waals surface area contributed by atoms with E-state index in [9.17, 15) is 19.5 Å². The minimum Gasteiger partial charge on any atom is -0.481 e. The molecular weight excluding hydrogens is 260 g/mol. The highest BCUT2D eigenvalue weighted by atomic mass is 16.4. The second-order valence-electron chi connectivity index (χ2n) is 6.15. The summed E-state index contributed by atoms with van der Waals surface area (Å²) in [5, 5.41) is 11.9. The lowest BCUT2D eigenvalue weighted by atomic mass is 9.89. The average Bonchev–Trinajstić information content (AvgIpc) is 2.91. The third-order valence-electron chi connectivity index (χ3n) is 4.40. The standard InChI is InChI=1S/C14H22N2O4/c1-7(2)12(15-8(3)17)13(18)16-9-4-5-11(16)10(6-9)14(19)20/h7,9-12H,4-6H2,1-3H3,(H,15,17)(H,19,20). The van der Waals surface area contributed by atoms with Crippen LogP contribution in [0.5, 0.6) is 0 Å². The van der Waals surface area contributed by atoms with Gasteiger partial charge in [-0.2, -0.15) is 0 Å². The molecule has 0 saturated carbocycles. The lowest BCUT2D eigenvalue weighted by Gasteiger charge is -2.30. The molecular formula is C14H22N2O4. The summed E-state index contributed by atoms with van der Waals surface area (Å²) in [5.41, 5.74) is 0. The summed E-state index contributed by atoms with van der Waals surface area (Å²) in [7, 11) is 0. The lowest BCUT2D eigenvalue weighted by molar-refractivity contribution is -0.144. The Morgan fingerprint density at radius 1 is 1.25 bits per heavy atom. The van der Waals surface area contributed by atoms with Gasteiger partial charge in [0.15, 0.2) is 0 Å². The van der Waals surface area contributed by atoms with Crippen LogP contribution in [0.15, 0.2) is 0 Å². The summed E-state index contributed by atoms with van der Waals surface area (Å²) in [4.78, 5) is 36.9. The van der Waals surface area contributed by atoms with Crippen LogP contribution in [0.3, 0.4) is 0 Å². The molecule has 2 amide bonds. The molecule has 2 saturated heterocycles. The Morgan fingerprint density at radius 3 is 2.35 bits per heavy atom. The first-order valence-electron chi connectivity index (χ1n) is 7.15. The number of carboxylic acid groups (broad SMARTS) is 1. The second kappa shape index (κ2) is 5.42. The number of aliphatic carboxylic acids is 1. The smallest absolute Gasteiger partial charge is 0.308 e. The fourth-order valence-electron chi connectivity index (χ4n) is 3.49. The van der Waals surface area contributed by atoms with Crippen LogP contribution in [0.4, 0.5) is 0 Å². The zero-order chi connectivity index (χ0) is 15.0. The Kier molecular flexibility index (Phi) is 4.01. The molecule has 0 spiro atoms. The molecule has 0 aliphatic carbocycles. The largest absolute Gasteiger partial charge is 0.481 e. The van der Waals surface area contributed by atoms with E-state index in [0.29, 0.717) is 6.42 Å². The summed E-state index contributed by atoms with van der Waals surface area (Å²) in [6, 6.07) is -0.758. The van der Waals surface area contributed by atoms with Gasteiger partial charge in [-0.1, -0.05) is 13.8 Å². The number of rotatable bonds is 4. The maximum atomic E-state index is 12.7. The minimum absolute atomic E-state index is 0.0172. The van der Waals surface area contributed by atoms with Gasteiger partial charge in [0.25, 0.3) is 0 Å². The molecule has 4 atom stereocenters. The van der Waals surface area contributed by atoms with Crippen molar-refractivity contribution in [3.05, 3.63) is 0 Å². The second-order valence-corrected chi connectivity index (χ2v) is 6.15.